The van der Waals surface area contributed by atoms with Crippen molar-refractivity contribution in [2.45, 2.75) is 33.2 Å². The molecule has 0 aliphatic rings. The molecule has 0 aliphatic carbocycles. The predicted octanol–water partition coefficient (Wildman–Crippen LogP) is 7.45. The third kappa shape index (κ3) is 6.59. The highest BCUT2D eigenvalue weighted by Crippen LogP contribution is 2.37. The van der Waals surface area contributed by atoms with Gasteiger partial charge in [-0.1, -0.05) is 66.8 Å². The molecule has 164 valence electrons. The van der Waals surface area contributed by atoms with Crippen LogP contribution in [0, 0.1) is 5.92 Å². The van der Waals surface area contributed by atoms with Crippen molar-refractivity contribution in [3.8, 4) is 11.3 Å². The van der Waals surface area contributed by atoms with Crippen LogP contribution in [0.4, 0.5) is 5.13 Å². The molecule has 3 rings (SSSR count). The quantitative estimate of drug-likeness (QED) is 0.333. The summed E-state index contributed by atoms with van der Waals surface area (Å²) in [5, 5.41) is 11.6. The average Bonchev–Trinajstić information content (AvgIpc) is 3.10. The summed E-state index contributed by atoms with van der Waals surface area (Å²) in [6.07, 6.45) is 0.874. The van der Waals surface area contributed by atoms with Crippen LogP contribution in [0.2, 0.25) is 15.1 Å². The Morgan fingerprint density at radius 3 is 2.55 bits per heavy atom. The van der Waals surface area contributed by atoms with Crippen molar-refractivity contribution in [3.05, 3.63) is 68.0 Å². The molecule has 1 N–H and O–H groups in total. The van der Waals surface area contributed by atoms with Gasteiger partial charge in [-0.2, -0.15) is 0 Å². The fourth-order valence-corrected chi connectivity index (χ4v) is 5.01. The van der Waals surface area contributed by atoms with Crippen LogP contribution in [0.1, 0.15) is 30.7 Å². The van der Waals surface area contributed by atoms with Crippen LogP contribution in [-0.2, 0) is 17.8 Å². The number of thiazole rings is 1. The van der Waals surface area contributed by atoms with E-state index in [-0.39, 0.29) is 6.42 Å². The van der Waals surface area contributed by atoms with Crippen LogP contribution in [0.25, 0.3) is 11.3 Å². The van der Waals surface area contributed by atoms with E-state index in [4.69, 9.17) is 39.8 Å². The smallest absolute Gasteiger partial charge is 0.305 e. The number of nitrogens with zero attached hydrogens (tertiary/aromatic N) is 2. The van der Waals surface area contributed by atoms with Crippen molar-refractivity contribution in [2.24, 2.45) is 5.92 Å². The summed E-state index contributed by atoms with van der Waals surface area (Å²) in [4.78, 5) is 19.3. The van der Waals surface area contributed by atoms with E-state index in [0.717, 1.165) is 33.3 Å². The molecule has 0 saturated carbocycles. The van der Waals surface area contributed by atoms with Gasteiger partial charge in [0.15, 0.2) is 5.13 Å². The fourth-order valence-electron chi connectivity index (χ4n) is 3.18. The molecule has 4 nitrogen and oxygen atoms in total. The molecule has 8 heteroatoms. The van der Waals surface area contributed by atoms with Crippen LogP contribution in [0.15, 0.2) is 42.5 Å². The molecule has 31 heavy (non-hydrogen) atoms. The Labute approximate surface area is 201 Å². The zero-order chi connectivity index (χ0) is 22.5. The highest BCUT2D eigenvalue weighted by Gasteiger charge is 2.20. The number of anilines is 1. The van der Waals surface area contributed by atoms with E-state index in [1.54, 1.807) is 17.4 Å². The van der Waals surface area contributed by atoms with E-state index in [1.165, 1.54) is 0 Å². The summed E-state index contributed by atoms with van der Waals surface area (Å²) >= 11 is 20.1. The second-order valence-corrected chi connectivity index (χ2v) is 10.0. The Balaban J connectivity index is 2.01. The van der Waals surface area contributed by atoms with Crippen LogP contribution >= 0.6 is 46.1 Å². The van der Waals surface area contributed by atoms with Gasteiger partial charge < -0.3 is 10.0 Å². The number of benzene rings is 2. The van der Waals surface area contributed by atoms with Gasteiger partial charge in [0.1, 0.15) is 0 Å². The summed E-state index contributed by atoms with van der Waals surface area (Å²) in [5.41, 5.74) is 2.75. The van der Waals surface area contributed by atoms with E-state index < -0.39 is 5.97 Å². The lowest BCUT2D eigenvalue weighted by Crippen LogP contribution is -2.25. The number of hydrogen-bond donors (Lipinski definition) is 1. The van der Waals surface area contributed by atoms with E-state index in [2.05, 4.69) is 13.8 Å². The number of rotatable bonds is 9. The van der Waals surface area contributed by atoms with E-state index in [0.29, 0.717) is 34.1 Å². The number of carboxylic acid groups (broad SMARTS) is 1. The first-order valence-electron chi connectivity index (χ1n) is 9.89. The van der Waals surface area contributed by atoms with Gasteiger partial charge in [-0.3, -0.25) is 4.79 Å². The average molecular weight is 498 g/mol. The van der Waals surface area contributed by atoms with Crippen LogP contribution in [0.3, 0.4) is 0 Å². The van der Waals surface area contributed by atoms with Gasteiger partial charge in [-0.25, -0.2) is 4.98 Å². The van der Waals surface area contributed by atoms with Crippen molar-refractivity contribution in [3.63, 3.8) is 0 Å². The largest absolute Gasteiger partial charge is 0.481 e. The maximum absolute atomic E-state index is 11.3. The van der Waals surface area contributed by atoms with Gasteiger partial charge in [-0.15, -0.1) is 11.3 Å². The summed E-state index contributed by atoms with van der Waals surface area (Å²) < 4.78 is 0. The summed E-state index contributed by atoms with van der Waals surface area (Å²) in [6.45, 7) is 5.18. The van der Waals surface area contributed by atoms with E-state index in [9.17, 15) is 9.90 Å². The minimum Gasteiger partial charge on any atom is -0.481 e. The maximum Gasteiger partial charge on any atom is 0.305 e. The number of aromatic nitrogens is 1. The van der Waals surface area contributed by atoms with Gasteiger partial charge in [0.2, 0.25) is 0 Å². The summed E-state index contributed by atoms with van der Waals surface area (Å²) in [6, 6.07) is 13.1. The molecule has 1 heterocycles. The number of carbonyl (C=O) groups is 1. The third-order valence-electron chi connectivity index (χ3n) is 4.60. The lowest BCUT2D eigenvalue weighted by atomic mass is 10.0. The van der Waals surface area contributed by atoms with Gasteiger partial charge in [-0.05, 0) is 42.2 Å². The highest BCUT2D eigenvalue weighted by molar-refractivity contribution is 7.16. The van der Waals surface area contributed by atoms with Crippen molar-refractivity contribution in [2.75, 3.05) is 11.4 Å². The zero-order valence-electron chi connectivity index (χ0n) is 17.2. The number of aliphatic carboxylic acids is 1. The number of halogens is 3. The lowest BCUT2D eigenvalue weighted by Gasteiger charge is -2.21. The molecule has 0 radical (unpaired) electrons. The second-order valence-electron chi connectivity index (χ2n) is 7.69. The molecule has 0 aliphatic heterocycles. The first-order valence-corrected chi connectivity index (χ1v) is 11.8. The van der Waals surface area contributed by atoms with E-state index in [1.807, 2.05) is 41.3 Å². The fraction of sp³-hybridized carbons (Fsp3) is 0.304. The number of carboxylic acids is 1. The minimum absolute atomic E-state index is 0.0156. The van der Waals surface area contributed by atoms with Gasteiger partial charge >= 0.3 is 5.97 Å². The van der Waals surface area contributed by atoms with Crippen molar-refractivity contribution < 1.29 is 9.90 Å². The Morgan fingerprint density at radius 2 is 1.90 bits per heavy atom. The third-order valence-corrected chi connectivity index (χ3v) is 6.71. The molecule has 0 amide bonds. The van der Waals surface area contributed by atoms with Crippen LogP contribution in [0.5, 0.6) is 0 Å². The summed E-state index contributed by atoms with van der Waals surface area (Å²) in [7, 11) is 0. The second kappa shape index (κ2) is 10.7. The number of hydrogen-bond acceptors (Lipinski definition) is 4. The van der Waals surface area contributed by atoms with Crippen molar-refractivity contribution in [1.29, 1.82) is 0 Å². The molecule has 0 atom stereocenters. The Bertz CT molecular complexity index is 1070. The Kier molecular flexibility index (Phi) is 8.23. The summed E-state index contributed by atoms with van der Waals surface area (Å²) in [5.74, 6) is -0.407. The first-order chi connectivity index (χ1) is 14.7. The van der Waals surface area contributed by atoms with Crippen molar-refractivity contribution in [1.82, 2.24) is 4.98 Å². The maximum atomic E-state index is 11.3. The Morgan fingerprint density at radius 1 is 1.13 bits per heavy atom. The standard InChI is InChI=1S/C23H23Cl3N2O2S/c1-14(2)10-20-22(16-6-7-18(25)19(26)12-16)27-23(31-20)28(9-8-21(29)30)13-15-4-3-5-17(24)11-15/h3-7,11-12,14H,8-10,13H2,1-2H3,(H,29,30). The van der Waals surface area contributed by atoms with Crippen molar-refractivity contribution >= 4 is 57.2 Å². The molecule has 1 aromatic heterocycles. The highest BCUT2D eigenvalue weighted by atomic mass is 35.5. The molecule has 2 aromatic carbocycles. The van der Waals surface area contributed by atoms with Gasteiger partial charge in [0.25, 0.3) is 0 Å². The zero-order valence-corrected chi connectivity index (χ0v) is 20.3. The monoisotopic (exact) mass is 496 g/mol. The topological polar surface area (TPSA) is 53.4 Å². The molecule has 0 fully saturated rings. The molecular weight excluding hydrogens is 475 g/mol. The van der Waals surface area contributed by atoms with Crippen LogP contribution < -0.4 is 4.90 Å². The van der Waals surface area contributed by atoms with E-state index >= 15 is 0 Å². The Hall–Kier alpha value is -1.79. The van der Waals surface area contributed by atoms with Gasteiger partial charge in [0, 0.05) is 28.6 Å². The molecule has 0 saturated heterocycles. The predicted molar refractivity (Wildman–Crippen MR) is 131 cm³/mol. The SMILES string of the molecule is CC(C)Cc1sc(N(CCC(=O)O)Cc2cccc(Cl)c2)nc1-c1ccc(Cl)c(Cl)c1. The molecule has 3 aromatic rings. The molecule has 0 unspecified atom stereocenters. The molecule has 0 bridgehead atoms. The molecule has 0 spiro atoms. The molecular formula is C23H23Cl3N2O2S. The lowest BCUT2D eigenvalue weighted by molar-refractivity contribution is -0.136. The minimum atomic E-state index is -0.847. The first kappa shape index (κ1) is 23.9. The normalized spacial score (nSPS) is 11.2. The van der Waals surface area contributed by atoms with Crippen LogP contribution in [-0.4, -0.2) is 22.6 Å². The van der Waals surface area contributed by atoms with Gasteiger partial charge in [0.05, 0.1) is 22.2 Å².